The summed E-state index contributed by atoms with van der Waals surface area (Å²) in [5.74, 6) is -0.748. The number of carbonyl (C=O) groups is 1. The van der Waals surface area contributed by atoms with Gasteiger partial charge >= 0.3 is 13.2 Å². The monoisotopic (exact) mass is 339 g/mol. The Morgan fingerprint density at radius 2 is 1.83 bits per heavy atom. The van der Waals surface area contributed by atoms with Crippen LogP contribution in [0.15, 0.2) is 23.7 Å². The number of amides is 1. The van der Waals surface area contributed by atoms with Gasteiger partial charge < -0.3 is 14.0 Å². The van der Waals surface area contributed by atoms with Crippen molar-refractivity contribution in [2.75, 3.05) is 0 Å². The quantitative estimate of drug-likeness (QED) is 0.769. The molecule has 1 aliphatic heterocycles. The third kappa shape index (κ3) is 4.19. The fourth-order valence-electron chi connectivity index (χ4n) is 2.47. The molecule has 2 aliphatic rings. The fourth-order valence-corrected chi connectivity index (χ4v) is 2.47. The number of halogens is 1. The van der Waals surface area contributed by atoms with E-state index >= 15 is 0 Å². The van der Waals surface area contributed by atoms with Crippen LogP contribution in [0.4, 0.5) is 9.18 Å². The lowest BCUT2D eigenvalue weighted by molar-refractivity contribution is 0.00578. The van der Waals surface area contributed by atoms with Crippen LogP contribution in [0.1, 0.15) is 54.9 Å². The average Bonchev–Trinajstić information content (AvgIpc) is 2.58. The first-order chi connectivity index (χ1) is 10.8. The molecule has 1 saturated heterocycles. The van der Waals surface area contributed by atoms with Gasteiger partial charge in [-0.3, -0.25) is 5.32 Å². The van der Waals surface area contributed by atoms with Crippen molar-refractivity contribution in [1.82, 2.24) is 5.32 Å². The van der Waals surface area contributed by atoms with Gasteiger partial charge in [0.05, 0.1) is 16.9 Å². The minimum atomic E-state index is -0.675. The first kappa shape index (κ1) is 19.0. The number of ether oxygens (including phenoxy) is 1. The highest BCUT2D eigenvalue weighted by atomic mass is 19.1. The molecule has 1 fully saturated rings. The normalized spacial score (nSPS) is 25.8. The zero-order valence-electron chi connectivity index (χ0n) is 15.5. The van der Waals surface area contributed by atoms with Crippen molar-refractivity contribution in [1.29, 1.82) is 0 Å². The maximum atomic E-state index is 14.3. The molecule has 0 aromatic heterocycles. The molecule has 1 heterocycles. The summed E-state index contributed by atoms with van der Waals surface area (Å²) in [6.07, 6.45) is 2.91. The van der Waals surface area contributed by atoms with Gasteiger partial charge in [0, 0.05) is 5.82 Å². The zero-order chi connectivity index (χ0) is 18.3. The molecule has 7 heteroatoms. The molecule has 1 unspecified atom stereocenters. The summed E-state index contributed by atoms with van der Waals surface area (Å²) >= 11 is 0. The Morgan fingerprint density at radius 3 is 2.29 bits per heavy atom. The summed E-state index contributed by atoms with van der Waals surface area (Å²) in [6.45, 7) is 13.1. The summed E-state index contributed by atoms with van der Waals surface area (Å²) in [5.41, 5.74) is -1.43. The molecule has 0 aromatic carbocycles. The van der Waals surface area contributed by atoms with Gasteiger partial charge in [-0.25, -0.2) is 9.18 Å². The highest BCUT2D eigenvalue weighted by molar-refractivity contribution is 6.48. The van der Waals surface area contributed by atoms with E-state index in [0.717, 1.165) is 0 Å². The Morgan fingerprint density at radius 1 is 1.29 bits per heavy atom. The summed E-state index contributed by atoms with van der Waals surface area (Å²) in [7, 11) is -0.514. The number of nitrogens with one attached hydrogen (secondary N) is 1. The SMILES string of the molecule is CC(C)(C)OC(=O)NC1=CCC(B2OC(C)(C)C(C)(C)O2)C=C1F. The van der Waals surface area contributed by atoms with Crippen LogP contribution in [0.25, 0.3) is 0 Å². The summed E-state index contributed by atoms with van der Waals surface area (Å²) in [6, 6.07) is 0. The predicted octanol–water partition coefficient (Wildman–Crippen LogP) is 4.11. The van der Waals surface area contributed by atoms with Crippen LogP contribution < -0.4 is 5.32 Å². The standard InChI is InChI=1S/C17H27BFNO4/c1-15(2,3)22-14(21)20-13-9-8-11(10-12(13)19)18-23-16(4,5)17(6,7)24-18/h9-11H,8H2,1-7H3,(H,20,21). The van der Waals surface area contributed by atoms with Crippen LogP contribution in [0.2, 0.25) is 5.82 Å². The molecule has 1 amide bonds. The molecule has 0 bridgehead atoms. The van der Waals surface area contributed by atoms with E-state index in [4.69, 9.17) is 14.0 Å². The Labute approximate surface area is 143 Å². The number of allylic oxidation sites excluding steroid dienone is 3. The van der Waals surface area contributed by atoms with E-state index < -0.39 is 35.8 Å². The van der Waals surface area contributed by atoms with Crippen molar-refractivity contribution in [2.24, 2.45) is 0 Å². The Bertz CT molecular complexity index is 562. The summed E-state index contributed by atoms with van der Waals surface area (Å²) in [4.78, 5) is 11.8. The van der Waals surface area contributed by atoms with Crippen molar-refractivity contribution in [3.63, 3.8) is 0 Å². The van der Waals surface area contributed by atoms with Gasteiger partial charge in [-0.1, -0.05) is 6.08 Å². The van der Waals surface area contributed by atoms with Crippen molar-refractivity contribution in [2.45, 2.75) is 77.5 Å². The highest BCUT2D eigenvalue weighted by Gasteiger charge is 2.53. The largest absolute Gasteiger partial charge is 0.465 e. The second-order valence-electron chi connectivity index (χ2n) is 8.28. The molecule has 1 N–H and O–H groups in total. The van der Waals surface area contributed by atoms with Gasteiger partial charge in [0.1, 0.15) is 11.4 Å². The number of carbonyl (C=O) groups excluding carboxylic acids is 1. The van der Waals surface area contributed by atoms with Crippen molar-refractivity contribution < 1.29 is 23.2 Å². The molecule has 134 valence electrons. The van der Waals surface area contributed by atoms with Crippen LogP contribution in [-0.4, -0.2) is 30.0 Å². The lowest BCUT2D eigenvalue weighted by Gasteiger charge is -2.32. The smallest absolute Gasteiger partial charge is 0.444 e. The molecule has 0 saturated carbocycles. The van der Waals surface area contributed by atoms with E-state index in [-0.39, 0.29) is 11.5 Å². The molecule has 1 atom stereocenters. The highest BCUT2D eigenvalue weighted by Crippen LogP contribution is 2.42. The van der Waals surface area contributed by atoms with E-state index in [1.165, 1.54) is 6.08 Å². The third-order valence-corrected chi connectivity index (χ3v) is 4.47. The lowest BCUT2D eigenvalue weighted by Crippen LogP contribution is -2.41. The van der Waals surface area contributed by atoms with Gasteiger partial charge in [0.2, 0.25) is 0 Å². The Kier molecular flexibility index (Phi) is 4.90. The van der Waals surface area contributed by atoms with Crippen molar-refractivity contribution in [3.05, 3.63) is 23.7 Å². The minimum absolute atomic E-state index is 0.122. The van der Waals surface area contributed by atoms with Crippen LogP contribution in [-0.2, 0) is 14.0 Å². The van der Waals surface area contributed by atoms with E-state index in [1.807, 2.05) is 27.7 Å². The molecule has 2 rings (SSSR count). The van der Waals surface area contributed by atoms with E-state index in [9.17, 15) is 9.18 Å². The Balaban J connectivity index is 2.00. The second-order valence-corrected chi connectivity index (χ2v) is 8.28. The predicted molar refractivity (Wildman–Crippen MR) is 91.1 cm³/mol. The maximum absolute atomic E-state index is 14.3. The van der Waals surface area contributed by atoms with E-state index in [0.29, 0.717) is 6.42 Å². The Hall–Kier alpha value is -1.34. The van der Waals surface area contributed by atoms with Gasteiger partial charge in [-0.15, -0.1) is 0 Å². The number of hydrogen-bond donors (Lipinski definition) is 1. The number of alkyl carbamates (subject to hydrolysis) is 1. The zero-order valence-corrected chi connectivity index (χ0v) is 15.5. The third-order valence-electron chi connectivity index (χ3n) is 4.47. The molecule has 1 aliphatic carbocycles. The van der Waals surface area contributed by atoms with Gasteiger partial charge in [-0.05, 0) is 61.0 Å². The van der Waals surface area contributed by atoms with Crippen LogP contribution in [0, 0.1) is 0 Å². The number of rotatable bonds is 2. The van der Waals surface area contributed by atoms with Crippen LogP contribution in [0.3, 0.4) is 0 Å². The molecule has 0 aromatic rings. The van der Waals surface area contributed by atoms with Gasteiger partial charge in [-0.2, -0.15) is 0 Å². The molecule has 0 spiro atoms. The average molecular weight is 339 g/mol. The van der Waals surface area contributed by atoms with Crippen molar-refractivity contribution >= 4 is 13.2 Å². The second kappa shape index (κ2) is 6.19. The van der Waals surface area contributed by atoms with E-state index in [1.54, 1.807) is 26.8 Å². The van der Waals surface area contributed by atoms with Crippen LogP contribution in [0.5, 0.6) is 0 Å². The summed E-state index contributed by atoms with van der Waals surface area (Å²) < 4.78 is 31.4. The van der Waals surface area contributed by atoms with E-state index in [2.05, 4.69) is 5.32 Å². The van der Waals surface area contributed by atoms with Gasteiger partial charge in [0.25, 0.3) is 0 Å². The van der Waals surface area contributed by atoms with Crippen LogP contribution >= 0.6 is 0 Å². The molecular weight excluding hydrogens is 312 g/mol. The molecule has 0 radical (unpaired) electrons. The number of hydrogen-bond acceptors (Lipinski definition) is 4. The summed E-state index contributed by atoms with van der Waals surface area (Å²) in [5, 5.41) is 2.44. The first-order valence-electron chi connectivity index (χ1n) is 8.24. The van der Waals surface area contributed by atoms with Gasteiger partial charge in [0.15, 0.2) is 0 Å². The molecule has 5 nitrogen and oxygen atoms in total. The minimum Gasteiger partial charge on any atom is -0.444 e. The lowest BCUT2D eigenvalue weighted by atomic mass is 9.68. The first-order valence-corrected chi connectivity index (χ1v) is 8.24. The van der Waals surface area contributed by atoms with Crippen molar-refractivity contribution in [3.8, 4) is 0 Å². The molecule has 24 heavy (non-hydrogen) atoms. The maximum Gasteiger partial charge on any atom is 0.465 e. The fraction of sp³-hybridized carbons (Fsp3) is 0.706. The molecular formula is C17H27BFNO4. The topological polar surface area (TPSA) is 56.8 Å².